The molecular weight excluding hydrogens is 298 g/mol. The lowest BCUT2D eigenvalue weighted by Crippen LogP contribution is -2.15. The summed E-state index contributed by atoms with van der Waals surface area (Å²) in [4.78, 5) is 26.1. The number of carboxylic acid groups (broad SMARTS) is 1. The number of nitrogens with zero attached hydrogens (tertiary/aromatic N) is 4. The Morgan fingerprint density at radius 1 is 1.45 bits per heavy atom. The summed E-state index contributed by atoms with van der Waals surface area (Å²) >= 11 is 2.66. The largest absolute Gasteiger partial charge is 0.477 e. The molecule has 0 aliphatic rings. The second-order valence-electron chi connectivity index (χ2n) is 4.04. The monoisotopic (exact) mass is 311 g/mol. The minimum absolute atomic E-state index is 0.177. The van der Waals surface area contributed by atoms with Gasteiger partial charge in [0, 0.05) is 24.4 Å². The van der Waals surface area contributed by atoms with Crippen molar-refractivity contribution in [2.45, 2.75) is 10.6 Å². The lowest BCUT2D eigenvalue weighted by atomic mass is 10.5. The van der Waals surface area contributed by atoms with Gasteiger partial charge < -0.3 is 15.7 Å². The first-order valence-corrected chi connectivity index (χ1v) is 7.44. The maximum absolute atomic E-state index is 10.8. The van der Waals surface area contributed by atoms with Crippen LogP contribution >= 0.6 is 23.1 Å². The van der Waals surface area contributed by atoms with Gasteiger partial charge in [-0.3, -0.25) is 0 Å². The molecule has 0 atom stereocenters. The van der Waals surface area contributed by atoms with Crippen LogP contribution in [0, 0.1) is 0 Å². The fourth-order valence-corrected chi connectivity index (χ4v) is 3.07. The zero-order valence-electron chi connectivity index (χ0n) is 10.9. The Balaban J connectivity index is 2.08. The number of carboxylic acids is 1. The van der Waals surface area contributed by atoms with Crippen LogP contribution in [-0.2, 0) is 5.75 Å². The summed E-state index contributed by atoms with van der Waals surface area (Å²) in [6, 6.07) is 1.63. The number of anilines is 2. The molecule has 0 fully saturated rings. The molecule has 0 saturated heterocycles. The number of aromatic carboxylic acids is 1. The van der Waals surface area contributed by atoms with Gasteiger partial charge in [0.05, 0.1) is 5.75 Å². The van der Waals surface area contributed by atoms with Crippen molar-refractivity contribution < 1.29 is 9.90 Å². The van der Waals surface area contributed by atoms with Crippen molar-refractivity contribution in [1.29, 1.82) is 0 Å². The van der Waals surface area contributed by atoms with E-state index in [-0.39, 0.29) is 5.95 Å². The maximum atomic E-state index is 10.8. The SMILES string of the molecule is CN(C)c1nc(N)nc(CSc2csc(C(=O)O)c2)n1. The average molecular weight is 311 g/mol. The zero-order chi connectivity index (χ0) is 14.7. The first-order chi connectivity index (χ1) is 9.45. The Morgan fingerprint density at radius 2 is 2.20 bits per heavy atom. The summed E-state index contributed by atoms with van der Waals surface area (Å²) < 4.78 is 0. The van der Waals surface area contributed by atoms with E-state index >= 15 is 0 Å². The van der Waals surface area contributed by atoms with E-state index in [1.807, 2.05) is 14.1 Å². The van der Waals surface area contributed by atoms with E-state index in [9.17, 15) is 4.79 Å². The molecule has 0 saturated carbocycles. The summed E-state index contributed by atoms with van der Waals surface area (Å²) in [5.74, 6) is 0.833. The first kappa shape index (κ1) is 14.5. The van der Waals surface area contributed by atoms with Crippen molar-refractivity contribution in [1.82, 2.24) is 15.0 Å². The predicted molar refractivity (Wildman–Crippen MR) is 79.4 cm³/mol. The molecule has 0 unspecified atom stereocenters. The standard InChI is InChI=1S/C11H13N5O2S2/c1-16(2)11-14-8(13-10(12)15-11)5-19-6-3-7(9(17)18)20-4-6/h3-4H,5H2,1-2H3,(H,17,18)(H2,12,13,14,15). The van der Waals surface area contributed by atoms with Crippen molar-refractivity contribution >= 4 is 41.0 Å². The number of hydrogen-bond donors (Lipinski definition) is 2. The molecule has 3 N–H and O–H groups in total. The molecule has 2 aromatic rings. The highest BCUT2D eigenvalue weighted by atomic mass is 32.2. The highest BCUT2D eigenvalue weighted by molar-refractivity contribution is 7.98. The molecular formula is C11H13N5O2S2. The van der Waals surface area contributed by atoms with Gasteiger partial charge in [0.25, 0.3) is 0 Å². The van der Waals surface area contributed by atoms with Crippen molar-refractivity contribution in [2.75, 3.05) is 24.7 Å². The molecule has 0 radical (unpaired) electrons. The number of thiophene rings is 1. The lowest BCUT2D eigenvalue weighted by molar-refractivity contribution is 0.0702. The maximum Gasteiger partial charge on any atom is 0.345 e. The minimum Gasteiger partial charge on any atom is -0.477 e. The van der Waals surface area contributed by atoms with Gasteiger partial charge in [-0.2, -0.15) is 15.0 Å². The number of rotatable bonds is 5. The fraction of sp³-hybridized carbons (Fsp3) is 0.273. The highest BCUT2D eigenvalue weighted by Gasteiger charge is 2.10. The quantitative estimate of drug-likeness (QED) is 0.802. The van der Waals surface area contributed by atoms with Crippen LogP contribution in [0.3, 0.4) is 0 Å². The summed E-state index contributed by atoms with van der Waals surface area (Å²) in [5.41, 5.74) is 5.64. The van der Waals surface area contributed by atoms with Crippen LogP contribution in [0.5, 0.6) is 0 Å². The topological polar surface area (TPSA) is 105 Å². The van der Waals surface area contributed by atoms with Crippen molar-refractivity contribution in [2.24, 2.45) is 0 Å². The van der Waals surface area contributed by atoms with Crippen LogP contribution in [0.2, 0.25) is 0 Å². The van der Waals surface area contributed by atoms with Gasteiger partial charge in [-0.1, -0.05) is 0 Å². The van der Waals surface area contributed by atoms with E-state index in [0.717, 1.165) is 4.90 Å². The van der Waals surface area contributed by atoms with Crippen LogP contribution < -0.4 is 10.6 Å². The van der Waals surface area contributed by atoms with Gasteiger partial charge in [0.15, 0.2) is 0 Å². The summed E-state index contributed by atoms with van der Waals surface area (Å²) in [5, 5.41) is 10.7. The van der Waals surface area contributed by atoms with E-state index < -0.39 is 5.97 Å². The zero-order valence-corrected chi connectivity index (χ0v) is 12.5. The number of thioether (sulfide) groups is 1. The van der Waals surface area contributed by atoms with Crippen molar-refractivity contribution in [3.8, 4) is 0 Å². The number of nitrogen functional groups attached to an aromatic ring is 1. The fourth-order valence-electron chi connectivity index (χ4n) is 1.34. The molecule has 7 nitrogen and oxygen atoms in total. The second-order valence-corrected chi connectivity index (χ2v) is 6.00. The van der Waals surface area contributed by atoms with Crippen LogP contribution in [-0.4, -0.2) is 40.1 Å². The summed E-state index contributed by atoms with van der Waals surface area (Å²) in [7, 11) is 3.65. The number of nitrogens with two attached hydrogens (primary N) is 1. The smallest absolute Gasteiger partial charge is 0.345 e. The molecule has 2 rings (SSSR count). The molecule has 106 valence electrons. The molecule has 9 heteroatoms. The Kier molecular flexibility index (Phi) is 4.40. The molecule has 2 heterocycles. The van der Waals surface area contributed by atoms with Gasteiger partial charge >= 0.3 is 5.97 Å². The normalized spacial score (nSPS) is 10.5. The van der Waals surface area contributed by atoms with E-state index in [2.05, 4.69) is 15.0 Å². The predicted octanol–water partition coefficient (Wildman–Crippen LogP) is 1.57. The van der Waals surface area contributed by atoms with Crippen molar-refractivity contribution in [3.05, 3.63) is 22.1 Å². The third-order valence-electron chi connectivity index (χ3n) is 2.24. The van der Waals surface area contributed by atoms with Crippen LogP contribution in [0.1, 0.15) is 15.5 Å². The van der Waals surface area contributed by atoms with Gasteiger partial charge in [0.2, 0.25) is 11.9 Å². The third kappa shape index (κ3) is 3.58. The highest BCUT2D eigenvalue weighted by Crippen LogP contribution is 2.27. The summed E-state index contributed by atoms with van der Waals surface area (Å²) in [6.07, 6.45) is 0. The molecule has 0 bridgehead atoms. The van der Waals surface area contributed by atoms with Crippen LogP contribution in [0.4, 0.5) is 11.9 Å². The summed E-state index contributed by atoms with van der Waals surface area (Å²) in [6.45, 7) is 0. The molecule has 0 aromatic carbocycles. The minimum atomic E-state index is -0.916. The Morgan fingerprint density at radius 3 is 2.80 bits per heavy atom. The molecule has 2 aromatic heterocycles. The number of aromatic nitrogens is 3. The molecule has 0 amide bonds. The Labute approximate surface area is 123 Å². The molecule has 20 heavy (non-hydrogen) atoms. The first-order valence-electron chi connectivity index (χ1n) is 5.58. The molecule has 0 spiro atoms. The van der Waals surface area contributed by atoms with Crippen LogP contribution in [0.25, 0.3) is 0 Å². The van der Waals surface area contributed by atoms with E-state index in [0.29, 0.717) is 22.4 Å². The van der Waals surface area contributed by atoms with Gasteiger partial charge in [-0.05, 0) is 6.07 Å². The lowest BCUT2D eigenvalue weighted by Gasteiger charge is -2.11. The third-order valence-corrected chi connectivity index (χ3v) is 4.28. The van der Waals surface area contributed by atoms with E-state index in [1.165, 1.54) is 23.1 Å². The second kappa shape index (κ2) is 6.06. The molecule has 0 aliphatic carbocycles. The van der Waals surface area contributed by atoms with Crippen LogP contribution in [0.15, 0.2) is 16.3 Å². The molecule has 0 aliphatic heterocycles. The number of hydrogen-bond acceptors (Lipinski definition) is 8. The van der Waals surface area contributed by atoms with E-state index in [1.54, 1.807) is 16.3 Å². The average Bonchev–Trinajstić information content (AvgIpc) is 2.84. The van der Waals surface area contributed by atoms with Crippen molar-refractivity contribution in [3.63, 3.8) is 0 Å². The van der Waals surface area contributed by atoms with Gasteiger partial charge in [-0.15, -0.1) is 23.1 Å². The van der Waals surface area contributed by atoms with Gasteiger partial charge in [0.1, 0.15) is 10.7 Å². The number of carbonyl (C=O) groups is 1. The Bertz CT molecular complexity index is 629. The Hall–Kier alpha value is -1.87. The van der Waals surface area contributed by atoms with Gasteiger partial charge in [-0.25, -0.2) is 4.79 Å². The van der Waals surface area contributed by atoms with E-state index in [4.69, 9.17) is 10.8 Å².